The molecule has 3 heterocycles. The number of amides is 1. The number of carbonyl (C=O) groups is 1. The first kappa shape index (κ1) is 14.6. The lowest BCUT2D eigenvalue weighted by Crippen LogP contribution is -2.37. The summed E-state index contributed by atoms with van der Waals surface area (Å²) in [6.07, 6.45) is -0.0659. The number of nitrogens with zero attached hydrogens (tertiary/aromatic N) is 1. The summed E-state index contributed by atoms with van der Waals surface area (Å²) >= 11 is 0. The van der Waals surface area contributed by atoms with Gasteiger partial charge in [0.2, 0.25) is 5.91 Å². The van der Waals surface area contributed by atoms with Crippen LogP contribution in [0.3, 0.4) is 0 Å². The fourth-order valence-electron chi connectivity index (χ4n) is 2.56. The van der Waals surface area contributed by atoms with E-state index in [1.54, 1.807) is 0 Å². The molecular formula is C15H22N2O4. The fourth-order valence-corrected chi connectivity index (χ4v) is 2.56. The predicted molar refractivity (Wildman–Crippen MR) is 75.6 cm³/mol. The summed E-state index contributed by atoms with van der Waals surface area (Å²) in [7, 11) is 0. The monoisotopic (exact) mass is 294 g/mol. The standard InChI is InChI=1S/C15H22N2O4/c1-10-4-5-11(20-10)7-17-8-13(17)14(18)16-6-12-9-19-15(2,3)21-12/h4-5,12-13H,6-9H2,1-3H3,(H,16,18). The Labute approximate surface area is 124 Å². The average Bonchev–Trinajstić information content (AvgIpc) is 2.92. The molecule has 2 fully saturated rings. The van der Waals surface area contributed by atoms with Crippen molar-refractivity contribution in [2.45, 2.75) is 45.2 Å². The predicted octanol–water partition coefficient (Wildman–Crippen LogP) is 1.04. The van der Waals surface area contributed by atoms with E-state index in [4.69, 9.17) is 13.9 Å². The van der Waals surface area contributed by atoms with E-state index in [-0.39, 0.29) is 18.1 Å². The number of aryl methyl sites for hydroxylation is 1. The Balaban J connectivity index is 1.39. The highest BCUT2D eigenvalue weighted by Crippen LogP contribution is 2.23. The van der Waals surface area contributed by atoms with Crippen molar-refractivity contribution in [3.05, 3.63) is 23.7 Å². The first-order chi connectivity index (χ1) is 9.93. The molecule has 0 saturated carbocycles. The zero-order valence-electron chi connectivity index (χ0n) is 12.7. The number of nitrogens with one attached hydrogen (secondary N) is 1. The molecular weight excluding hydrogens is 272 g/mol. The van der Waals surface area contributed by atoms with Crippen LogP contribution in [0.1, 0.15) is 25.4 Å². The van der Waals surface area contributed by atoms with Gasteiger partial charge in [-0.25, -0.2) is 0 Å². The van der Waals surface area contributed by atoms with E-state index >= 15 is 0 Å². The summed E-state index contributed by atoms with van der Waals surface area (Å²) in [6, 6.07) is 3.84. The van der Waals surface area contributed by atoms with Crippen LogP contribution in [-0.2, 0) is 20.8 Å². The van der Waals surface area contributed by atoms with Crippen LogP contribution in [0.4, 0.5) is 0 Å². The van der Waals surface area contributed by atoms with E-state index < -0.39 is 5.79 Å². The summed E-state index contributed by atoms with van der Waals surface area (Å²) < 4.78 is 16.6. The van der Waals surface area contributed by atoms with Crippen LogP contribution in [0.25, 0.3) is 0 Å². The van der Waals surface area contributed by atoms with Crippen LogP contribution in [0.2, 0.25) is 0 Å². The van der Waals surface area contributed by atoms with Gasteiger partial charge in [0, 0.05) is 13.1 Å². The van der Waals surface area contributed by atoms with Crippen LogP contribution < -0.4 is 5.32 Å². The molecule has 116 valence electrons. The fraction of sp³-hybridized carbons (Fsp3) is 0.667. The molecule has 3 rings (SSSR count). The molecule has 3 atom stereocenters. The van der Waals surface area contributed by atoms with Crippen LogP contribution >= 0.6 is 0 Å². The molecule has 0 bridgehead atoms. The van der Waals surface area contributed by atoms with Crippen molar-refractivity contribution in [2.75, 3.05) is 19.7 Å². The number of hydrogen-bond donors (Lipinski definition) is 1. The number of furan rings is 1. The third-order valence-electron chi connectivity index (χ3n) is 3.74. The van der Waals surface area contributed by atoms with Gasteiger partial charge in [-0.1, -0.05) is 0 Å². The van der Waals surface area contributed by atoms with Crippen LogP contribution in [0.5, 0.6) is 0 Å². The average molecular weight is 294 g/mol. The SMILES string of the molecule is Cc1ccc(CN2CC2C(=O)NCC2COC(C)(C)O2)o1. The van der Waals surface area contributed by atoms with Gasteiger partial charge in [-0.15, -0.1) is 0 Å². The second-order valence-electron chi connectivity index (χ2n) is 6.15. The molecule has 2 aliphatic heterocycles. The van der Waals surface area contributed by atoms with Gasteiger partial charge in [0.05, 0.1) is 13.2 Å². The van der Waals surface area contributed by atoms with Gasteiger partial charge in [-0.3, -0.25) is 9.69 Å². The number of carbonyl (C=O) groups excluding carboxylic acids is 1. The molecule has 1 amide bonds. The number of hydrogen-bond acceptors (Lipinski definition) is 5. The maximum Gasteiger partial charge on any atom is 0.238 e. The maximum absolute atomic E-state index is 12.0. The Hall–Kier alpha value is -1.37. The first-order valence-corrected chi connectivity index (χ1v) is 7.32. The van der Waals surface area contributed by atoms with E-state index in [0.29, 0.717) is 19.7 Å². The third kappa shape index (κ3) is 3.64. The van der Waals surface area contributed by atoms with Crippen molar-refractivity contribution in [3.63, 3.8) is 0 Å². The van der Waals surface area contributed by atoms with Gasteiger partial charge >= 0.3 is 0 Å². The highest BCUT2D eigenvalue weighted by Gasteiger charge is 2.41. The molecule has 0 aliphatic carbocycles. The molecule has 21 heavy (non-hydrogen) atoms. The van der Waals surface area contributed by atoms with E-state index in [0.717, 1.165) is 18.1 Å². The van der Waals surface area contributed by atoms with Crippen LogP contribution in [-0.4, -0.2) is 48.4 Å². The summed E-state index contributed by atoms with van der Waals surface area (Å²) in [6.45, 7) is 8.15. The molecule has 6 heteroatoms. The maximum atomic E-state index is 12.0. The van der Waals surface area contributed by atoms with E-state index in [9.17, 15) is 4.79 Å². The molecule has 0 aromatic carbocycles. The second kappa shape index (κ2) is 5.44. The smallest absolute Gasteiger partial charge is 0.238 e. The summed E-state index contributed by atoms with van der Waals surface area (Å²) in [4.78, 5) is 14.1. The van der Waals surface area contributed by atoms with Gasteiger partial charge < -0.3 is 19.2 Å². The Morgan fingerprint density at radius 1 is 1.48 bits per heavy atom. The van der Waals surface area contributed by atoms with Gasteiger partial charge in [0.1, 0.15) is 23.7 Å². The normalized spacial score (nSPS) is 30.3. The lowest BCUT2D eigenvalue weighted by Gasteiger charge is -2.17. The summed E-state index contributed by atoms with van der Waals surface area (Å²) in [5, 5.41) is 2.93. The van der Waals surface area contributed by atoms with Crippen molar-refractivity contribution < 1.29 is 18.7 Å². The van der Waals surface area contributed by atoms with Gasteiger partial charge in [0.15, 0.2) is 5.79 Å². The lowest BCUT2D eigenvalue weighted by atomic mass is 10.3. The van der Waals surface area contributed by atoms with Crippen molar-refractivity contribution in [1.29, 1.82) is 0 Å². The van der Waals surface area contributed by atoms with E-state index in [1.807, 2.05) is 32.9 Å². The van der Waals surface area contributed by atoms with Gasteiger partial charge in [0.25, 0.3) is 0 Å². The minimum absolute atomic E-state index is 0.0478. The Morgan fingerprint density at radius 3 is 2.90 bits per heavy atom. The largest absolute Gasteiger partial charge is 0.465 e. The lowest BCUT2D eigenvalue weighted by molar-refractivity contribution is -0.139. The molecule has 2 saturated heterocycles. The minimum Gasteiger partial charge on any atom is -0.465 e. The molecule has 1 aromatic heterocycles. The van der Waals surface area contributed by atoms with E-state index in [1.165, 1.54) is 0 Å². The topological polar surface area (TPSA) is 63.7 Å². The zero-order chi connectivity index (χ0) is 15.0. The molecule has 0 spiro atoms. The number of ether oxygens (including phenoxy) is 2. The molecule has 3 unspecified atom stereocenters. The van der Waals surface area contributed by atoms with Gasteiger partial charge in [-0.2, -0.15) is 0 Å². The Kier molecular flexibility index (Phi) is 3.77. The molecule has 6 nitrogen and oxygen atoms in total. The molecule has 1 aromatic rings. The number of rotatable bonds is 5. The van der Waals surface area contributed by atoms with Crippen molar-refractivity contribution in [2.24, 2.45) is 0 Å². The quantitative estimate of drug-likeness (QED) is 0.822. The van der Waals surface area contributed by atoms with Crippen molar-refractivity contribution in [1.82, 2.24) is 10.2 Å². The van der Waals surface area contributed by atoms with Crippen LogP contribution in [0.15, 0.2) is 16.5 Å². The van der Waals surface area contributed by atoms with Gasteiger partial charge in [-0.05, 0) is 32.9 Å². The van der Waals surface area contributed by atoms with Crippen molar-refractivity contribution in [3.8, 4) is 0 Å². The molecule has 0 radical (unpaired) electrons. The zero-order valence-corrected chi connectivity index (χ0v) is 12.7. The summed E-state index contributed by atoms with van der Waals surface area (Å²) in [5.41, 5.74) is 0. The van der Waals surface area contributed by atoms with Crippen molar-refractivity contribution >= 4 is 5.91 Å². The van der Waals surface area contributed by atoms with Crippen LogP contribution in [0, 0.1) is 6.92 Å². The first-order valence-electron chi connectivity index (χ1n) is 7.32. The molecule has 2 aliphatic rings. The molecule has 1 N–H and O–H groups in total. The summed E-state index contributed by atoms with van der Waals surface area (Å²) in [5.74, 6) is 1.30. The highest BCUT2D eigenvalue weighted by atomic mass is 16.7. The second-order valence-corrected chi connectivity index (χ2v) is 6.15. The highest BCUT2D eigenvalue weighted by molar-refractivity contribution is 5.84. The Bertz CT molecular complexity index is 525. The third-order valence-corrected chi connectivity index (χ3v) is 3.74. The minimum atomic E-state index is -0.543. The van der Waals surface area contributed by atoms with E-state index in [2.05, 4.69) is 10.2 Å². The Morgan fingerprint density at radius 2 is 2.29 bits per heavy atom.